The summed E-state index contributed by atoms with van der Waals surface area (Å²) in [7, 11) is 0. The molecule has 2 fully saturated rings. The lowest BCUT2D eigenvalue weighted by Gasteiger charge is -2.33. The van der Waals surface area contributed by atoms with Crippen molar-refractivity contribution in [2.24, 2.45) is 17.3 Å². The smallest absolute Gasteiger partial charge is 0.228 e. The van der Waals surface area contributed by atoms with Gasteiger partial charge < -0.3 is 10.6 Å². The number of hydrogen-bond acceptors (Lipinski definition) is 2. The van der Waals surface area contributed by atoms with Gasteiger partial charge in [-0.2, -0.15) is 0 Å². The van der Waals surface area contributed by atoms with E-state index in [0.29, 0.717) is 17.9 Å². The second-order valence-corrected chi connectivity index (χ2v) is 6.23. The van der Waals surface area contributed by atoms with Crippen molar-refractivity contribution in [2.45, 2.75) is 52.5 Å². The molecule has 0 radical (unpaired) electrons. The predicted octanol–water partition coefficient (Wildman–Crippen LogP) is 1.93. The van der Waals surface area contributed by atoms with Gasteiger partial charge >= 0.3 is 0 Å². The van der Waals surface area contributed by atoms with Crippen LogP contribution in [-0.4, -0.2) is 25.0 Å². The zero-order valence-corrected chi connectivity index (χ0v) is 11.4. The van der Waals surface area contributed by atoms with Gasteiger partial charge in [-0.1, -0.05) is 27.2 Å². The highest BCUT2D eigenvalue weighted by atomic mass is 16.2. The normalized spacial score (nSPS) is 37.6. The highest BCUT2D eigenvalue weighted by Crippen LogP contribution is 2.35. The van der Waals surface area contributed by atoms with Gasteiger partial charge in [0.2, 0.25) is 5.91 Å². The van der Waals surface area contributed by atoms with E-state index in [4.69, 9.17) is 0 Å². The summed E-state index contributed by atoms with van der Waals surface area (Å²) in [5.41, 5.74) is -0.164. The standard InChI is InChI=1S/C14H26N2O/c1-10(2)14(7-8-15-9-14)13(17)16-12-6-4-5-11(12)3/h10-12,15H,4-9H2,1-3H3,(H,16,17). The van der Waals surface area contributed by atoms with Gasteiger partial charge in [0.25, 0.3) is 0 Å². The van der Waals surface area contributed by atoms with E-state index in [1.54, 1.807) is 0 Å². The van der Waals surface area contributed by atoms with Crippen LogP contribution in [0.3, 0.4) is 0 Å². The van der Waals surface area contributed by atoms with Gasteiger partial charge in [0.05, 0.1) is 5.41 Å². The van der Waals surface area contributed by atoms with Crippen molar-refractivity contribution < 1.29 is 4.79 Å². The van der Waals surface area contributed by atoms with Crippen LogP contribution in [0.2, 0.25) is 0 Å². The van der Waals surface area contributed by atoms with Crippen LogP contribution in [-0.2, 0) is 4.79 Å². The third kappa shape index (κ3) is 2.35. The molecule has 17 heavy (non-hydrogen) atoms. The topological polar surface area (TPSA) is 41.1 Å². The van der Waals surface area contributed by atoms with E-state index >= 15 is 0 Å². The van der Waals surface area contributed by atoms with Crippen LogP contribution in [0.5, 0.6) is 0 Å². The molecule has 3 atom stereocenters. The van der Waals surface area contributed by atoms with Gasteiger partial charge in [-0.15, -0.1) is 0 Å². The average molecular weight is 238 g/mol. The molecule has 98 valence electrons. The SMILES string of the molecule is CC1CCCC1NC(=O)C1(C(C)C)CCNC1. The van der Waals surface area contributed by atoms with Crippen molar-refractivity contribution in [1.82, 2.24) is 10.6 Å². The second-order valence-electron chi connectivity index (χ2n) is 6.23. The molecule has 3 heteroatoms. The molecule has 0 bridgehead atoms. The molecular formula is C14H26N2O. The fraction of sp³-hybridized carbons (Fsp3) is 0.929. The quantitative estimate of drug-likeness (QED) is 0.789. The highest BCUT2D eigenvalue weighted by molar-refractivity contribution is 5.84. The molecule has 0 aromatic carbocycles. The zero-order chi connectivity index (χ0) is 12.5. The maximum Gasteiger partial charge on any atom is 0.228 e. The van der Waals surface area contributed by atoms with Crippen LogP contribution in [0, 0.1) is 17.3 Å². The first-order valence-electron chi connectivity index (χ1n) is 7.08. The zero-order valence-electron chi connectivity index (χ0n) is 11.4. The Balaban J connectivity index is 2.02. The number of carbonyl (C=O) groups is 1. The van der Waals surface area contributed by atoms with Crippen molar-refractivity contribution in [2.75, 3.05) is 13.1 Å². The maximum absolute atomic E-state index is 12.6. The minimum atomic E-state index is -0.164. The lowest BCUT2D eigenvalue weighted by molar-refractivity contribution is -0.133. The summed E-state index contributed by atoms with van der Waals surface area (Å²) in [6.45, 7) is 8.42. The fourth-order valence-corrected chi connectivity index (χ4v) is 3.33. The Hall–Kier alpha value is -0.570. The Labute approximate surface area is 105 Å². The van der Waals surface area contributed by atoms with Gasteiger partial charge in [-0.05, 0) is 37.6 Å². The van der Waals surface area contributed by atoms with E-state index in [9.17, 15) is 4.79 Å². The summed E-state index contributed by atoms with van der Waals surface area (Å²) >= 11 is 0. The molecule has 0 spiro atoms. The van der Waals surface area contributed by atoms with Crippen molar-refractivity contribution >= 4 is 5.91 Å². The van der Waals surface area contributed by atoms with E-state index in [2.05, 4.69) is 31.4 Å². The molecule has 1 aliphatic heterocycles. The highest BCUT2D eigenvalue weighted by Gasteiger charge is 2.44. The molecule has 0 aromatic rings. The van der Waals surface area contributed by atoms with E-state index in [1.165, 1.54) is 12.8 Å². The molecule has 1 aliphatic carbocycles. The number of hydrogen-bond donors (Lipinski definition) is 2. The molecule has 1 heterocycles. The largest absolute Gasteiger partial charge is 0.353 e. The van der Waals surface area contributed by atoms with E-state index in [0.717, 1.165) is 25.9 Å². The van der Waals surface area contributed by atoms with Gasteiger partial charge in [-0.3, -0.25) is 4.79 Å². The van der Waals surface area contributed by atoms with Crippen LogP contribution < -0.4 is 10.6 Å². The van der Waals surface area contributed by atoms with Gasteiger partial charge in [0, 0.05) is 12.6 Å². The molecule has 1 saturated carbocycles. The predicted molar refractivity (Wildman–Crippen MR) is 69.7 cm³/mol. The van der Waals surface area contributed by atoms with Crippen LogP contribution in [0.15, 0.2) is 0 Å². The number of carbonyl (C=O) groups excluding carboxylic acids is 1. The molecule has 1 saturated heterocycles. The molecule has 2 aliphatic rings. The number of nitrogens with one attached hydrogen (secondary N) is 2. The Morgan fingerprint density at radius 3 is 2.65 bits per heavy atom. The van der Waals surface area contributed by atoms with Crippen LogP contribution in [0.25, 0.3) is 0 Å². The first-order chi connectivity index (χ1) is 8.06. The molecule has 3 unspecified atom stereocenters. The van der Waals surface area contributed by atoms with Gasteiger partial charge in [0.1, 0.15) is 0 Å². The van der Waals surface area contributed by atoms with Crippen LogP contribution in [0.1, 0.15) is 46.5 Å². The summed E-state index contributed by atoms with van der Waals surface area (Å²) in [4.78, 5) is 12.6. The molecule has 1 amide bonds. The third-order valence-corrected chi connectivity index (χ3v) is 4.92. The maximum atomic E-state index is 12.6. The first kappa shape index (κ1) is 12.9. The summed E-state index contributed by atoms with van der Waals surface area (Å²) in [6, 6.07) is 0.415. The lowest BCUT2D eigenvalue weighted by Crippen LogP contribution is -2.50. The monoisotopic (exact) mass is 238 g/mol. The number of amides is 1. The molecule has 3 nitrogen and oxygen atoms in total. The summed E-state index contributed by atoms with van der Waals surface area (Å²) < 4.78 is 0. The van der Waals surface area contributed by atoms with Crippen molar-refractivity contribution in [3.63, 3.8) is 0 Å². The van der Waals surface area contributed by atoms with Crippen molar-refractivity contribution in [3.8, 4) is 0 Å². The second kappa shape index (κ2) is 4.97. The Bertz CT molecular complexity index is 282. The van der Waals surface area contributed by atoms with Gasteiger partial charge in [0.15, 0.2) is 0 Å². The Morgan fingerprint density at radius 1 is 1.41 bits per heavy atom. The van der Waals surface area contributed by atoms with Crippen molar-refractivity contribution in [1.29, 1.82) is 0 Å². The Morgan fingerprint density at radius 2 is 2.18 bits per heavy atom. The van der Waals surface area contributed by atoms with E-state index in [-0.39, 0.29) is 11.3 Å². The fourth-order valence-electron chi connectivity index (χ4n) is 3.33. The third-order valence-electron chi connectivity index (χ3n) is 4.92. The number of rotatable bonds is 3. The molecule has 0 aromatic heterocycles. The Kier molecular flexibility index (Phi) is 3.76. The lowest BCUT2D eigenvalue weighted by atomic mass is 9.75. The minimum Gasteiger partial charge on any atom is -0.353 e. The first-order valence-corrected chi connectivity index (χ1v) is 7.08. The van der Waals surface area contributed by atoms with Crippen LogP contribution >= 0.6 is 0 Å². The van der Waals surface area contributed by atoms with Gasteiger partial charge in [-0.25, -0.2) is 0 Å². The van der Waals surface area contributed by atoms with E-state index < -0.39 is 0 Å². The molecule has 2 rings (SSSR count). The molecule has 2 N–H and O–H groups in total. The average Bonchev–Trinajstić information content (AvgIpc) is 2.89. The summed E-state index contributed by atoms with van der Waals surface area (Å²) in [6.07, 6.45) is 4.67. The van der Waals surface area contributed by atoms with E-state index in [1.807, 2.05) is 0 Å². The minimum absolute atomic E-state index is 0.164. The molecular weight excluding hydrogens is 212 g/mol. The van der Waals surface area contributed by atoms with Crippen LogP contribution in [0.4, 0.5) is 0 Å². The van der Waals surface area contributed by atoms with Crippen molar-refractivity contribution in [3.05, 3.63) is 0 Å². The summed E-state index contributed by atoms with van der Waals surface area (Å²) in [5, 5.41) is 6.66. The summed E-state index contributed by atoms with van der Waals surface area (Å²) in [5.74, 6) is 1.35.